The molecule has 0 atom stereocenters. The smallest absolute Gasteiger partial charge is 0.176 e. The first-order chi connectivity index (χ1) is 8.74. The number of carbonyl (C=O) groups excluding carboxylic acids is 1. The van der Waals surface area contributed by atoms with Crippen LogP contribution in [0.25, 0.3) is 0 Å². The number of rotatable bonds is 5. The first-order valence-electron chi connectivity index (χ1n) is 6.22. The maximum atomic E-state index is 12.1. The average Bonchev–Trinajstić information content (AvgIpc) is 2.90. The molecular formula is C14H19NO3. The van der Waals surface area contributed by atoms with Gasteiger partial charge in [0.2, 0.25) is 0 Å². The summed E-state index contributed by atoms with van der Waals surface area (Å²) in [7, 11) is 3.16. The molecular weight excluding hydrogens is 230 g/mol. The van der Waals surface area contributed by atoms with E-state index in [1.807, 2.05) is 0 Å². The van der Waals surface area contributed by atoms with Crippen molar-refractivity contribution >= 4 is 5.78 Å². The van der Waals surface area contributed by atoms with Gasteiger partial charge in [-0.05, 0) is 44.1 Å². The highest BCUT2D eigenvalue weighted by atomic mass is 16.5. The molecule has 98 valence electrons. The maximum Gasteiger partial charge on any atom is 0.176 e. The fourth-order valence-electron chi connectivity index (χ4n) is 2.24. The molecule has 2 rings (SSSR count). The van der Waals surface area contributed by atoms with Crippen molar-refractivity contribution in [1.82, 2.24) is 4.90 Å². The van der Waals surface area contributed by atoms with Crippen LogP contribution in [0.15, 0.2) is 18.2 Å². The van der Waals surface area contributed by atoms with Gasteiger partial charge in [0.05, 0.1) is 20.8 Å². The predicted octanol–water partition coefficient (Wildman–Crippen LogP) is 1.98. The van der Waals surface area contributed by atoms with Gasteiger partial charge in [0.25, 0.3) is 0 Å². The van der Waals surface area contributed by atoms with E-state index in [-0.39, 0.29) is 5.78 Å². The summed E-state index contributed by atoms with van der Waals surface area (Å²) in [6.45, 7) is 2.55. The Labute approximate surface area is 107 Å². The van der Waals surface area contributed by atoms with E-state index in [1.165, 1.54) is 12.8 Å². The molecule has 1 heterocycles. The number of nitrogens with zero attached hydrogens (tertiary/aromatic N) is 1. The highest BCUT2D eigenvalue weighted by Gasteiger charge is 2.17. The number of hydrogen-bond donors (Lipinski definition) is 0. The predicted molar refractivity (Wildman–Crippen MR) is 69.6 cm³/mol. The van der Waals surface area contributed by atoms with Gasteiger partial charge in [0.15, 0.2) is 17.3 Å². The Hall–Kier alpha value is -1.55. The van der Waals surface area contributed by atoms with Crippen LogP contribution in [0.3, 0.4) is 0 Å². The molecule has 18 heavy (non-hydrogen) atoms. The molecule has 1 aliphatic heterocycles. The summed E-state index contributed by atoms with van der Waals surface area (Å²) in [5, 5.41) is 0. The summed E-state index contributed by atoms with van der Waals surface area (Å²) in [5.41, 5.74) is 0.680. The number of carbonyl (C=O) groups is 1. The summed E-state index contributed by atoms with van der Waals surface area (Å²) in [4.78, 5) is 14.3. The van der Waals surface area contributed by atoms with E-state index in [0.29, 0.717) is 23.6 Å². The molecule has 0 saturated carbocycles. The lowest BCUT2D eigenvalue weighted by molar-refractivity contribution is 0.0945. The minimum atomic E-state index is 0.137. The molecule has 1 aromatic carbocycles. The van der Waals surface area contributed by atoms with Crippen molar-refractivity contribution in [2.75, 3.05) is 33.9 Å². The zero-order chi connectivity index (χ0) is 13.0. The highest BCUT2D eigenvalue weighted by molar-refractivity contribution is 5.98. The van der Waals surface area contributed by atoms with Gasteiger partial charge in [-0.15, -0.1) is 0 Å². The van der Waals surface area contributed by atoms with E-state index in [9.17, 15) is 4.79 Å². The topological polar surface area (TPSA) is 38.8 Å². The molecule has 0 N–H and O–H groups in total. The van der Waals surface area contributed by atoms with Crippen molar-refractivity contribution in [3.63, 3.8) is 0 Å². The van der Waals surface area contributed by atoms with Crippen LogP contribution in [0.1, 0.15) is 23.2 Å². The summed E-state index contributed by atoms with van der Waals surface area (Å²) >= 11 is 0. The summed E-state index contributed by atoms with van der Waals surface area (Å²) in [5.74, 6) is 1.39. The first-order valence-corrected chi connectivity index (χ1v) is 6.22. The molecule has 0 bridgehead atoms. The third-order valence-corrected chi connectivity index (χ3v) is 3.27. The van der Waals surface area contributed by atoms with E-state index in [4.69, 9.17) is 9.47 Å². The van der Waals surface area contributed by atoms with Crippen molar-refractivity contribution in [3.05, 3.63) is 23.8 Å². The van der Waals surface area contributed by atoms with Crippen molar-refractivity contribution in [3.8, 4) is 11.5 Å². The number of ketones is 1. The van der Waals surface area contributed by atoms with E-state index >= 15 is 0 Å². The lowest BCUT2D eigenvalue weighted by Crippen LogP contribution is -2.26. The van der Waals surface area contributed by atoms with Gasteiger partial charge >= 0.3 is 0 Å². The molecule has 0 amide bonds. The van der Waals surface area contributed by atoms with Crippen molar-refractivity contribution in [1.29, 1.82) is 0 Å². The summed E-state index contributed by atoms with van der Waals surface area (Å²) in [6, 6.07) is 5.31. The molecule has 0 aliphatic carbocycles. The summed E-state index contributed by atoms with van der Waals surface area (Å²) in [6.07, 6.45) is 2.39. The SMILES string of the molecule is COc1ccc(C(=O)CN2CCCC2)cc1OC. The molecule has 4 heteroatoms. The normalized spacial score (nSPS) is 15.7. The number of likely N-dealkylation sites (tertiary alicyclic amines) is 1. The van der Waals surface area contributed by atoms with Crippen LogP contribution in [0.4, 0.5) is 0 Å². The van der Waals surface area contributed by atoms with Crippen LogP contribution < -0.4 is 9.47 Å². The number of methoxy groups -OCH3 is 2. The van der Waals surface area contributed by atoms with Crippen molar-refractivity contribution in [2.24, 2.45) is 0 Å². The quantitative estimate of drug-likeness (QED) is 0.748. The van der Waals surface area contributed by atoms with E-state index in [1.54, 1.807) is 32.4 Å². The Balaban J connectivity index is 2.09. The average molecular weight is 249 g/mol. The van der Waals surface area contributed by atoms with Gasteiger partial charge < -0.3 is 9.47 Å². The zero-order valence-corrected chi connectivity index (χ0v) is 10.9. The zero-order valence-electron chi connectivity index (χ0n) is 10.9. The van der Waals surface area contributed by atoms with E-state index in [0.717, 1.165) is 13.1 Å². The van der Waals surface area contributed by atoms with Crippen LogP contribution in [0.2, 0.25) is 0 Å². The van der Waals surface area contributed by atoms with Crippen molar-refractivity contribution in [2.45, 2.75) is 12.8 Å². The molecule has 1 aliphatic rings. The minimum Gasteiger partial charge on any atom is -0.493 e. The fourth-order valence-corrected chi connectivity index (χ4v) is 2.24. The van der Waals surface area contributed by atoms with Crippen LogP contribution in [0, 0.1) is 0 Å². The van der Waals surface area contributed by atoms with Gasteiger partial charge in [0, 0.05) is 5.56 Å². The third kappa shape index (κ3) is 2.82. The Morgan fingerprint density at radius 3 is 2.44 bits per heavy atom. The molecule has 4 nitrogen and oxygen atoms in total. The van der Waals surface area contributed by atoms with Gasteiger partial charge in [-0.2, -0.15) is 0 Å². The fraction of sp³-hybridized carbons (Fsp3) is 0.500. The second-order valence-electron chi connectivity index (χ2n) is 4.48. The lowest BCUT2D eigenvalue weighted by Gasteiger charge is -2.14. The number of benzene rings is 1. The Morgan fingerprint density at radius 1 is 1.17 bits per heavy atom. The Bertz CT molecular complexity index is 425. The summed E-state index contributed by atoms with van der Waals surface area (Å²) < 4.78 is 10.4. The van der Waals surface area contributed by atoms with Crippen LogP contribution >= 0.6 is 0 Å². The van der Waals surface area contributed by atoms with Crippen LogP contribution in [-0.2, 0) is 0 Å². The van der Waals surface area contributed by atoms with Crippen LogP contribution in [0.5, 0.6) is 11.5 Å². The maximum absolute atomic E-state index is 12.1. The van der Waals surface area contributed by atoms with Gasteiger partial charge in [-0.25, -0.2) is 0 Å². The second-order valence-corrected chi connectivity index (χ2v) is 4.48. The minimum absolute atomic E-state index is 0.137. The molecule has 1 aromatic rings. The molecule has 0 spiro atoms. The monoisotopic (exact) mass is 249 g/mol. The Morgan fingerprint density at radius 2 is 1.83 bits per heavy atom. The lowest BCUT2D eigenvalue weighted by atomic mass is 10.1. The highest BCUT2D eigenvalue weighted by Crippen LogP contribution is 2.27. The van der Waals surface area contributed by atoms with Gasteiger partial charge in [0.1, 0.15) is 0 Å². The van der Waals surface area contributed by atoms with Crippen LogP contribution in [-0.4, -0.2) is 44.5 Å². The molecule has 0 radical (unpaired) electrons. The molecule has 0 aromatic heterocycles. The molecule has 1 fully saturated rings. The number of hydrogen-bond acceptors (Lipinski definition) is 4. The second kappa shape index (κ2) is 5.87. The van der Waals surface area contributed by atoms with E-state index in [2.05, 4.69) is 4.90 Å². The molecule has 1 saturated heterocycles. The Kier molecular flexibility index (Phi) is 4.20. The number of ether oxygens (including phenoxy) is 2. The standard InChI is InChI=1S/C14H19NO3/c1-17-13-6-5-11(9-14(13)18-2)12(16)10-15-7-3-4-8-15/h5-6,9H,3-4,7-8,10H2,1-2H3. The molecule has 0 unspecified atom stereocenters. The van der Waals surface area contributed by atoms with Gasteiger partial charge in [-0.3, -0.25) is 9.69 Å². The van der Waals surface area contributed by atoms with Crippen molar-refractivity contribution < 1.29 is 14.3 Å². The van der Waals surface area contributed by atoms with Gasteiger partial charge in [-0.1, -0.05) is 0 Å². The third-order valence-electron chi connectivity index (χ3n) is 3.27. The number of Topliss-reactive ketones (excluding diaryl/α,β-unsaturated/α-hetero) is 1. The van der Waals surface area contributed by atoms with E-state index < -0.39 is 0 Å². The first kappa shape index (κ1) is 12.9. The largest absolute Gasteiger partial charge is 0.493 e.